The molecule has 4 nitrogen and oxygen atoms in total. The van der Waals surface area contributed by atoms with Crippen LogP contribution >= 0.6 is 0 Å². The molecular weight excluding hydrogens is 238 g/mol. The fraction of sp³-hybridized carbons (Fsp3) is 0.417. The van der Waals surface area contributed by atoms with Crippen molar-refractivity contribution in [1.82, 2.24) is 14.5 Å². The number of hydrogen-bond acceptors (Lipinski definition) is 3. The Morgan fingerprint density at radius 2 is 2.17 bits per heavy atom. The van der Waals surface area contributed by atoms with Crippen LogP contribution in [-0.2, 0) is 0 Å². The fourth-order valence-corrected chi connectivity index (χ4v) is 2.64. The van der Waals surface area contributed by atoms with Crippen molar-refractivity contribution in [2.45, 2.75) is 12.5 Å². The van der Waals surface area contributed by atoms with E-state index in [1.54, 1.807) is 4.57 Å². The van der Waals surface area contributed by atoms with Crippen LogP contribution in [0.15, 0.2) is 12.1 Å². The molecule has 1 unspecified atom stereocenters. The summed E-state index contributed by atoms with van der Waals surface area (Å²) in [7, 11) is 2.01. The average Bonchev–Trinajstić information content (AvgIpc) is 2.82. The van der Waals surface area contributed by atoms with Crippen LogP contribution in [-0.4, -0.2) is 34.6 Å². The van der Waals surface area contributed by atoms with Crippen molar-refractivity contribution in [2.75, 3.05) is 25.9 Å². The normalized spacial score (nSPS) is 20.9. The summed E-state index contributed by atoms with van der Waals surface area (Å²) in [6.45, 7) is 1.76. The van der Waals surface area contributed by atoms with E-state index >= 15 is 0 Å². The molecule has 1 aliphatic heterocycles. The first-order valence-corrected chi connectivity index (χ1v) is 5.87. The van der Waals surface area contributed by atoms with Crippen molar-refractivity contribution in [2.24, 2.45) is 0 Å². The largest absolute Gasteiger partial charge is 0.369 e. The van der Waals surface area contributed by atoms with E-state index < -0.39 is 11.6 Å². The summed E-state index contributed by atoms with van der Waals surface area (Å²) in [4.78, 5) is 6.16. The van der Waals surface area contributed by atoms with E-state index in [1.165, 1.54) is 6.07 Å². The number of imidazole rings is 1. The standard InChI is InChI=1S/C12H14F2N4/c1-17-3-2-8(6-17)18-10-5-7(13)4-9(14)11(10)16-12(18)15/h4-5,8H,2-3,6H2,1H3,(H2,15,16). The van der Waals surface area contributed by atoms with Crippen LogP contribution in [0.2, 0.25) is 0 Å². The van der Waals surface area contributed by atoms with Crippen molar-refractivity contribution >= 4 is 17.0 Å². The van der Waals surface area contributed by atoms with Gasteiger partial charge in [0.2, 0.25) is 5.95 Å². The lowest BCUT2D eigenvalue weighted by Gasteiger charge is -2.14. The first-order chi connectivity index (χ1) is 8.56. The van der Waals surface area contributed by atoms with Gasteiger partial charge in [0.1, 0.15) is 11.3 Å². The van der Waals surface area contributed by atoms with E-state index in [2.05, 4.69) is 9.88 Å². The number of hydrogen-bond donors (Lipinski definition) is 1. The number of benzene rings is 1. The van der Waals surface area contributed by atoms with Crippen molar-refractivity contribution in [3.05, 3.63) is 23.8 Å². The molecule has 0 amide bonds. The number of nitrogens with two attached hydrogens (primary N) is 1. The lowest BCUT2D eigenvalue weighted by Crippen LogP contribution is -2.17. The van der Waals surface area contributed by atoms with Gasteiger partial charge < -0.3 is 15.2 Å². The van der Waals surface area contributed by atoms with E-state index in [0.29, 0.717) is 5.52 Å². The molecule has 3 rings (SSSR count). The Morgan fingerprint density at radius 1 is 1.39 bits per heavy atom. The minimum absolute atomic E-state index is 0.126. The first-order valence-electron chi connectivity index (χ1n) is 5.87. The van der Waals surface area contributed by atoms with Gasteiger partial charge in [0, 0.05) is 18.7 Å². The highest BCUT2D eigenvalue weighted by Gasteiger charge is 2.25. The summed E-state index contributed by atoms with van der Waals surface area (Å²) in [5, 5.41) is 0. The minimum Gasteiger partial charge on any atom is -0.369 e. The topological polar surface area (TPSA) is 47.1 Å². The first kappa shape index (κ1) is 11.4. The number of nitrogens with zero attached hydrogens (tertiary/aromatic N) is 3. The molecule has 2 aromatic rings. The zero-order valence-corrected chi connectivity index (χ0v) is 10.0. The van der Waals surface area contributed by atoms with Gasteiger partial charge in [-0.1, -0.05) is 0 Å². The molecule has 0 radical (unpaired) electrons. The number of fused-ring (bicyclic) bond motifs is 1. The van der Waals surface area contributed by atoms with Gasteiger partial charge >= 0.3 is 0 Å². The lowest BCUT2D eigenvalue weighted by molar-refractivity contribution is 0.395. The molecule has 96 valence electrons. The molecule has 1 fully saturated rings. The van der Waals surface area contributed by atoms with Gasteiger partial charge in [0.15, 0.2) is 5.82 Å². The summed E-state index contributed by atoms with van der Waals surface area (Å²) in [5.41, 5.74) is 6.42. The summed E-state index contributed by atoms with van der Waals surface area (Å²) >= 11 is 0. The Morgan fingerprint density at radius 3 is 2.83 bits per heavy atom. The Bertz CT molecular complexity index is 608. The van der Waals surface area contributed by atoms with Crippen molar-refractivity contribution in [3.8, 4) is 0 Å². The third-order valence-corrected chi connectivity index (χ3v) is 3.47. The van der Waals surface area contributed by atoms with E-state index in [9.17, 15) is 8.78 Å². The van der Waals surface area contributed by atoms with Gasteiger partial charge in [-0.2, -0.15) is 0 Å². The number of nitrogen functional groups attached to an aromatic ring is 1. The molecule has 18 heavy (non-hydrogen) atoms. The van der Waals surface area contributed by atoms with E-state index in [0.717, 1.165) is 25.6 Å². The van der Waals surface area contributed by atoms with E-state index in [4.69, 9.17) is 5.73 Å². The van der Waals surface area contributed by atoms with Crippen LogP contribution in [0.3, 0.4) is 0 Å². The Hall–Kier alpha value is -1.69. The maximum Gasteiger partial charge on any atom is 0.201 e. The highest BCUT2D eigenvalue weighted by molar-refractivity contribution is 5.79. The number of likely N-dealkylation sites (N-methyl/N-ethyl adjacent to an activating group) is 1. The SMILES string of the molecule is CN1CCC(n2c(N)nc3c(F)cc(F)cc32)C1. The summed E-state index contributed by atoms with van der Waals surface area (Å²) < 4.78 is 28.7. The molecule has 0 aliphatic carbocycles. The van der Waals surface area contributed by atoms with Crippen LogP contribution in [0.1, 0.15) is 12.5 Å². The van der Waals surface area contributed by atoms with Crippen molar-refractivity contribution in [3.63, 3.8) is 0 Å². The smallest absolute Gasteiger partial charge is 0.201 e. The van der Waals surface area contributed by atoms with Gasteiger partial charge in [0.25, 0.3) is 0 Å². The van der Waals surface area contributed by atoms with Gasteiger partial charge in [-0.05, 0) is 20.0 Å². The molecule has 2 N–H and O–H groups in total. The highest BCUT2D eigenvalue weighted by Crippen LogP contribution is 2.30. The second-order valence-corrected chi connectivity index (χ2v) is 4.80. The summed E-state index contributed by atoms with van der Waals surface area (Å²) in [6.07, 6.45) is 0.907. The van der Waals surface area contributed by atoms with E-state index in [1.807, 2.05) is 7.05 Å². The summed E-state index contributed by atoms with van der Waals surface area (Å²) in [6, 6.07) is 2.25. The molecule has 0 spiro atoms. The van der Waals surface area contributed by atoms with Crippen LogP contribution < -0.4 is 5.73 Å². The van der Waals surface area contributed by atoms with Crippen LogP contribution in [0.5, 0.6) is 0 Å². The second kappa shape index (κ2) is 3.91. The number of halogens is 2. The quantitative estimate of drug-likeness (QED) is 0.841. The minimum atomic E-state index is -0.665. The lowest BCUT2D eigenvalue weighted by atomic mass is 10.2. The Kier molecular flexibility index (Phi) is 2.48. The third-order valence-electron chi connectivity index (χ3n) is 3.47. The maximum atomic E-state index is 13.6. The average molecular weight is 252 g/mol. The molecule has 1 atom stereocenters. The second-order valence-electron chi connectivity index (χ2n) is 4.80. The van der Waals surface area contributed by atoms with Gasteiger partial charge in [-0.15, -0.1) is 0 Å². The predicted molar refractivity (Wildman–Crippen MR) is 65.2 cm³/mol. The van der Waals surface area contributed by atoms with Crippen LogP contribution in [0.25, 0.3) is 11.0 Å². The predicted octanol–water partition coefficient (Wildman–Crippen LogP) is 1.77. The fourth-order valence-electron chi connectivity index (χ4n) is 2.64. The zero-order chi connectivity index (χ0) is 12.9. The van der Waals surface area contributed by atoms with Crippen LogP contribution in [0.4, 0.5) is 14.7 Å². The van der Waals surface area contributed by atoms with Gasteiger partial charge in [0.05, 0.1) is 11.6 Å². The highest BCUT2D eigenvalue weighted by atomic mass is 19.1. The maximum absolute atomic E-state index is 13.6. The molecule has 0 bridgehead atoms. The molecular formula is C12H14F2N4. The molecule has 2 heterocycles. The zero-order valence-electron chi connectivity index (χ0n) is 10.0. The van der Waals surface area contributed by atoms with Crippen molar-refractivity contribution < 1.29 is 8.78 Å². The van der Waals surface area contributed by atoms with E-state index in [-0.39, 0.29) is 17.5 Å². The third kappa shape index (κ3) is 1.64. The monoisotopic (exact) mass is 252 g/mol. The Balaban J connectivity index is 2.19. The number of rotatable bonds is 1. The van der Waals surface area contributed by atoms with Crippen LogP contribution in [0, 0.1) is 11.6 Å². The number of anilines is 1. The molecule has 1 aliphatic rings. The van der Waals surface area contributed by atoms with Gasteiger partial charge in [-0.25, -0.2) is 13.8 Å². The number of likely N-dealkylation sites (tertiary alicyclic amines) is 1. The number of aromatic nitrogens is 2. The summed E-state index contributed by atoms with van der Waals surface area (Å²) in [5.74, 6) is -1.02. The molecule has 1 aromatic heterocycles. The molecule has 1 aromatic carbocycles. The van der Waals surface area contributed by atoms with Gasteiger partial charge in [-0.3, -0.25) is 0 Å². The molecule has 1 saturated heterocycles. The molecule has 6 heteroatoms. The Labute approximate surface area is 103 Å². The van der Waals surface area contributed by atoms with Crippen molar-refractivity contribution in [1.29, 1.82) is 0 Å². The molecule has 0 saturated carbocycles.